The Morgan fingerprint density at radius 2 is 2.26 bits per heavy atom. The summed E-state index contributed by atoms with van der Waals surface area (Å²) in [6, 6.07) is 5.50. The molecule has 0 fully saturated rings. The molecule has 0 saturated carbocycles. The van der Waals surface area contributed by atoms with Crippen molar-refractivity contribution < 1.29 is 4.79 Å². The Morgan fingerprint density at radius 1 is 1.42 bits per heavy atom. The van der Waals surface area contributed by atoms with E-state index in [1.165, 1.54) is 0 Å². The molecule has 3 rings (SSSR count). The molecule has 1 amide bonds. The second kappa shape index (κ2) is 4.09. The maximum atomic E-state index is 11.9. The number of anilines is 2. The van der Waals surface area contributed by atoms with Gasteiger partial charge < -0.3 is 11.1 Å². The highest BCUT2D eigenvalue weighted by Gasteiger charge is 2.14. The fourth-order valence-corrected chi connectivity index (χ4v) is 1.82. The summed E-state index contributed by atoms with van der Waals surface area (Å²) in [4.78, 5) is 11.9. The molecule has 0 radical (unpaired) electrons. The van der Waals surface area contributed by atoms with E-state index in [1.807, 2.05) is 19.2 Å². The summed E-state index contributed by atoms with van der Waals surface area (Å²) in [5.41, 5.74) is 7.15. The van der Waals surface area contributed by atoms with Crippen molar-refractivity contribution in [2.75, 3.05) is 11.1 Å². The summed E-state index contributed by atoms with van der Waals surface area (Å²) in [5, 5.41) is 17.4. The molecule has 0 spiro atoms. The number of carbonyl (C=O) groups is 1. The molecule has 0 aliphatic heterocycles. The number of aromatic nitrogens is 5. The average molecular weight is 257 g/mol. The highest BCUT2D eigenvalue weighted by Crippen LogP contribution is 2.19. The highest BCUT2D eigenvalue weighted by atomic mass is 16.2. The lowest BCUT2D eigenvalue weighted by Gasteiger charge is -2.04. The summed E-state index contributed by atoms with van der Waals surface area (Å²) < 4.78 is 1.73. The highest BCUT2D eigenvalue weighted by molar-refractivity contribution is 6.06. The van der Waals surface area contributed by atoms with Crippen LogP contribution in [0.2, 0.25) is 0 Å². The van der Waals surface area contributed by atoms with E-state index in [-0.39, 0.29) is 11.5 Å². The molecule has 2 heterocycles. The van der Waals surface area contributed by atoms with Crippen LogP contribution in [0.25, 0.3) is 10.9 Å². The Hall–Kier alpha value is -2.90. The van der Waals surface area contributed by atoms with E-state index in [9.17, 15) is 4.79 Å². The zero-order valence-electron chi connectivity index (χ0n) is 10.1. The van der Waals surface area contributed by atoms with Gasteiger partial charge in [-0.3, -0.25) is 9.48 Å². The Bertz CT molecular complexity index is 757. The molecule has 1 aromatic carbocycles. The van der Waals surface area contributed by atoms with E-state index in [1.54, 1.807) is 16.9 Å². The first kappa shape index (κ1) is 11.2. The SMILES string of the molecule is Cn1ncc2ccc(NC(=O)c3n[nH]nc3N)cc21. The summed E-state index contributed by atoms with van der Waals surface area (Å²) in [6.45, 7) is 0. The minimum Gasteiger partial charge on any atom is -0.380 e. The number of nitrogens with zero attached hydrogens (tertiary/aromatic N) is 4. The van der Waals surface area contributed by atoms with Gasteiger partial charge >= 0.3 is 0 Å². The first-order valence-corrected chi connectivity index (χ1v) is 5.54. The molecule has 0 saturated heterocycles. The molecule has 0 aliphatic rings. The third-order valence-electron chi connectivity index (χ3n) is 2.80. The molecule has 8 nitrogen and oxygen atoms in total. The molecular formula is C11H11N7O. The van der Waals surface area contributed by atoms with Gasteiger partial charge in [0.1, 0.15) is 0 Å². The first-order chi connectivity index (χ1) is 9.15. The van der Waals surface area contributed by atoms with Crippen molar-refractivity contribution in [3.63, 3.8) is 0 Å². The van der Waals surface area contributed by atoms with E-state index < -0.39 is 5.91 Å². The number of fused-ring (bicyclic) bond motifs is 1. The number of H-pyrrole nitrogens is 1. The number of amides is 1. The van der Waals surface area contributed by atoms with E-state index in [4.69, 9.17) is 5.73 Å². The molecule has 96 valence electrons. The second-order valence-electron chi connectivity index (χ2n) is 4.05. The van der Waals surface area contributed by atoms with Crippen molar-refractivity contribution in [3.8, 4) is 0 Å². The van der Waals surface area contributed by atoms with E-state index >= 15 is 0 Å². The van der Waals surface area contributed by atoms with Gasteiger partial charge in [0, 0.05) is 18.1 Å². The van der Waals surface area contributed by atoms with Gasteiger partial charge in [-0.25, -0.2) is 0 Å². The lowest BCUT2D eigenvalue weighted by atomic mass is 10.2. The van der Waals surface area contributed by atoms with Gasteiger partial charge in [-0.1, -0.05) is 0 Å². The van der Waals surface area contributed by atoms with Crippen LogP contribution in [0.1, 0.15) is 10.5 Å². The van der Waals surface area contributed by atoms with Crippen molar-refractivity contribution in [1.29, 1.82) is 0 Å². The average Bonchev–Trinajstić information content (AvgIpc) is 2.97. The second-order valence-corrected chi connectivity index (χ2v) is 4.05. The normalized spacial score (nSPS) is 10.8. The van der Waals surface area contributed by atoms with Gasteiger partial charge in [0.2, 0.25) is 0 Å². The molecule has 0 unspecified atom stereocenters. The predicted molar refractivity (Wildman–Crippen MR) is 69.5 cm³/mol. The van der Waals surface area contributed by atoms with Crippen LogP contribution in [0, 0.1) is 0 Å². The zero-order valence-corrected chi connectivity index (χ0v) is 10.1. The number of aryl methyl sites for hydroxylation is 1. The van der Waals surface area contributed by atoms with Crippen molar-refractivity contribution in [3.05, 3.63) is 30.1 Å². The third-order valence-corrected chi connectivity index (χ3v) is 2.80. The number of nitrogen functional groups attached to an aromatic ring is 1. The Balaban J connectivity index is 1.91. The van der Waals surface area contributed by atoms with Gasteiger partial charge in [0.25, 0.3) is 5.91 Å². The van der Waals surface area contributed by atoms with Gasteiger partial charge in [-0.15, -0.1) is 10.2 Å². The number of nitrogens with two attached hydrogens (primary N) is 1. The summed E-state index contributed by atoms with van der Waals surface area (Å²) >= 11 is 0. The van der Waals surface area contributed by atoms with Crippen molar-refractivity contribution in [2.45, 2.75) is 0 Å². The Labute approximate surface area is 107 Å². The topological polar surface area (TPSA) is 115 Å². The molecule has 4 N–H and O–H groups in total. The number of hydrogen-bond acceptors (Lipinski definition) is 5. The number of nitrogens with one attached hydrogen (secondary N) is 2. The first-order valence-electron chi connectivity index (χ1n) is 5.54. The maximum absolute atomic E-state index is 11.9. The van der Waals surface area contributed by atoms with Crippen molar-refractivity contribution in [1.82, 2.24) is 25.2 Å². The van der Waals surface area contributed by atoms with Gasteiger partial charge in [0.15, 0.2) is 11.5 Å². The third kappa shape index (κ3) is 1.88. The van der Waals surface area contributed by atoms with Crippen molar-refractivity contribution in [2.24, 2.45) is 7.05 Å². The molecule has 8 heteroatoms. The van der Waals surface area contributed by atoms with Crippen LogP contribution in [0.15, 0.2) is 24.4 Å². The fraction of sp³-hybridized carbons (Fsp3) is 0.0909. The molecule has 0 atom stereocenters. The van der Waals surface area contributed by atoms with Crippen LogP contribution in [0.5, 0.6) is 0 Å². The summed E-state index contributed by atoms with van der Waals surface area (Å²) in [5.74, 6) is -0.341. The van der Waals surface area contributed by atoms with Crippen LogP contribution in [-0.2, 0) is 7.05 Å². The van der Waals surface area contributed by atoms with Crippen LogP contribution in [0.3, 0.4) is 0 Å². The lowest BCUT2D eigenvalue weighted by molar-refractivity contribution is 0.102. The smallest absolute Gasteiger partial charge is 0.280 e. The Morgan fingerprint density at radius 3 is 3.00 bits per heavy atom. The minimum atomic E-state index is -0.409. The minimum absolute atomic E-state index is 0.0686. The maximum Gasteiger partial charge on any atom is 0.280 e. The molecular weight excluding hydrogens is 246 g/mol. The summed E-state index contributed by atoms with van der Waals surface area (Å²) in [7, 11) is 1.84. The lowest BCUT2D eigenvalue weighted by Crippen LogP contribution is -2.14. The molecule has 19 heavy (non-hydrogen) atoms. The monoisotopic (exact) mass is 257 g/mol. The van der Waals surface area contributed by atoms with Gasteiger partial charge in [-0.05, 0) is 18.2 Å². The van der Waals surface area contributed by atoms with Crippen LogP contribution in [0.4, 0.5) is 11.5 Å². The van der Waals surface area contributed by atoms with E-state index in [0.29, 0.717) is 5.69 Å². The number of benzene rings is 1. The van der Waals surface area contributed by atoms with Crippen LogP contribution < -0.4 is 11.1 Å². The molecule has 3 aromatic rings. The van der Waals surface area contributed by atoms with E-state index in [2.05, 4.69) is 25.8 Å². The van der Waals surface area contributed by atoms with Gasteiger partial charge in [-0.2, -0.15) is 10.3 Å². The quantitative estimate of drug-likeness (QED) is 0.619. The predicted octanol–water partition coefficient (Wildman–Crippen LogP) is 0.526. The Kier molecular flexibility index (Phi) is 2.41. The standard InChI is InChI=1S/C11H11N7O/c1-18-8-4-7(3-2-6(8)5-13-18)14-11(19)9-10(12)16-17-15-9/h2-5H,1H3,(H,14,19)(H3,12,15,16,17). The molecule has 0 aliphatic carbocycles. The van der Waals surface area contributed by atoms with Crippen LogP contribution in [-0.4, -0.2) is 31.1 Å². The number of aromatic amines is 1. The van der Waals surface area contributed by atoms with Gasteiger partial charge in [0.05, 0.1) is 11.7 Å². The zero-order chi connectivity index (χ0) is 13.4. The number of hydrogen-bond donors (Lipinski definition) is 3. The molecule has 2 aromatic heterocycles. The number of rotatable bonds is 2. The molecule has 0 bridgehead atoms. The van der Waals surface area contributed by atoms with Crippen molar-refractivity contribution >= 4 is 28.3 Å². The summed E-state index contributed by atoms with van der Waals surface area (Å²) in [6.07, 6.45) is 1.76. The van der Waals surface area contributed by atoms with E-state index in [0.717, 1.165) is 10.9 Å². The largest absolute Gasteiger partial charge is 0.380 e. The number of carbonyl (C=O) groups excluding carboxylic acids is 1. The fourth-order valence-electron chi connectivity index (χ4n) is 1.82. The van der Waals surface area contributed by atoms with Crippen LogP contribution >= 0.6 is 0 Å².